The molecule has 8 heteroatoms. The molecule has 0 saturated heterocycles. The average Bonchev–Trinajstić information content (AvgIpc) is 3.15. The fourth-order valence-corrected chi connectivity index (χ4v) is 5.85. The molecule has 2 aromatic rings. The molecule has 1 aliphatic rings. The Morgan fingerprint density at radius 2 is 2.00 bits per heavy atom. The fraction of sp³-hybridized carbons (Fsp3) is 0.464. The first-order valence-corrected chi connectivity index (χ1v) is 14.1. The van der Waals surface area contributed by atoms with Crippen LogP contribution in [0.25, 0.3) is 5.57 Å². The first kappa shape index (κ1) is 28.3. The standard InChI is InChI=1S/C28H36BrN3O3S/c1-6-7-8-9-16-32-19(3)24(26(33)30-23-15-12-21(29)17-18(23)2)31-25(32)20-10-13-22(14-11-20)36-28(4,5)27(34)35/h10-13,15,17,22H,6-9,14,16H2,1-5H3,(H,30,33)(H,34,35)/t22-/m0/s1. The van der Waals surface area contributed by atoms with E-state index in [2.05, 4.69) is 44.9 Å². The van der Waals surface area contributed by atoms with E-state index in [0.717, 1.165) is 58.6 Å². The van der Waals surface area contributed by atoms with Crippen LogP contribution in [-0.2, 0) is 11.3 Å². The van der Waals surface area contributed by atoms with E-state index >= 15 is 0 Å². The van der Waals surface area contributed by atoms with Crippen molar-refractivity contribution in [3.8, 4) is 0 Å². The molecule has 1 amide bonds. The first-order chi connectivity index (χ1) is 17.0. The van der Waals surface area contributed by atoms with E-state index in [1.165, 1.54) is 18.2 Å². The lowest BCUT2D eigenvalue weighted by molar-refractivity contribution is -0.138. The molecule has 0 aliphatic heterocycles. The molecule has 0 unspecified atom stereocenters. The Morgan fingerprint density at radius 3 is 2.61 bits per heavy atom. The summed E-state index contributed by atoms with van der Waals surface area (Å²) in [6.07, 6.45) is 11.4. The van der Waals surface area contributed by atoms with Gasteiger partial charge < -0.3 is 15.0 Å². The zero-order valence-electron chi connectivity index (χ0n) is 21.7. The van der Waals surface area contributed by atoms with Gasteiger partial charge in [0.2, 0.25) is 0 Å². The molecule has 0 bridgehead atoms. The van der Waals surface area contributed by atoms with Crippen molar-refractivity contribution in [2.45, 2.75) is 83.3 Å². The number of aryl methyl sites for hydroxylation is 1. The van der Waals surface area contributed by atoms with Gasteiger partial charge in [-0.3, -0.25) is 9.59 Å². The van der Waals surface area contributed by atoms with Crippen molar-refractivity contribution in [3.63, 3.8) is 0 Å². The molecular weight excluding hydrogens is 538 g/mol. The number of carboxylic acid groups (broad SMARTS) is 1. The van der Waals surface area contributed by atoms with Crippen LogP contribution in [0.4, 0.5) is 5.69 Å². The maximum atomic E-state index is 13.3. The number of unbranched alkanes of at least 4 members (excludes halogenated alkanes) is 3. The number of hydrogen-bond donors (Lipinski definition) is 2. The molecule has 0 spiro atoms. The minimum absolute atomic E-state index is 0.0806. The van der Waals surface area contributed by atoms with Gasteiger partial charge >= 0.3 is 5.97 Å². The van der Waals surface area contributed by atoms with Gasteiger partial charge in [-0.2, -0.15) is 0 Å². The molecule has 194 valence electrons. The molecule has 3 rings (SSSR count). The van der Waals surface area contributed by atoms with Crippen molar-refractivity contribution in [1.29, 1.82) is 0 Å². The summed E-state index contributed by atoms with van der Waals surface area (Å²) >= 11 is 4.91. The number of rotatable bonds is 11. The lowest BCUT2D eigenvalue weighted by Crippen LogP contribution is -2.29. The fourth-order valence-electron chi connectivity index (χ4n) is 4.17. The summed E-state index contributed by atoms with van der Waals surface area (Å²) in [5, 5.41) is 12.6. The van der Waals surface area contributed by atoms with Crippen LogP contribution in [0.1, 0.15) is 80.4 Å². The highest BCUT2D eigenvalue weighted by molar-refractivity contribution is 9.10. The number of nitrogens with one attached hydrogen (secondary N) is 1. The number of imidazole rings is 1. The zero-order chi connectivity index (χ0) is 26.5. The lowest BCUT2D eigenvalue weighted by atomic mass is 10.1. The summed E-state index contributed by atoms with van der Waals surface area (Å²) in [5.74, 6) is -0.243. The summed E-state index contributed by atoms with van der Waals surface area (Å²) in [5.41, 5.74) is 3.99. The normalized spacial score (nSPS) is 15.6. The molecule has 0 radical (unpaired) electrons. The number of benzene rings is 1. The summed E-state index contributed by atoms with van der Waals surface area (Å²) in [4.78, 5) is 29.6. The van der Waals surface area contributed by atoms with E-state index in [9.17, 15) is 14.7 Å². The van der Waals surface area contributed by atoms with Gasteiger partial charge in [-0.25, -0.2) is 4.98 Å². The van der Waals surface area contributed by atoms with E-state index in [0.29, 0.717) is 12.1 Å². The Hall–Kier alpha value is -2.32. The number of carbonyl (C=O) groups is 2. The van der Waals surface area contributed by atoms with Gasteiger partial charge in [0.05, 0.1) is 0 Å². The van der Waals surface area contributed by atoms with Crippen LogP contribution < -0.4 is 5.32 Å². The Labute approximate surface area is 226 Å². The molecular formula is C28H36BrN3O3S. The molecule has 0 saturated carbocycles. The summed E-state index contributed by atoms with van der Waals surface area (Å²) < 4.78 is 2.27. The minimum atomic E-state index is -0.856. The van der Waals surface area contributed by atoms with Crippen molar-refractivity contribution in [3.05, 3.63) is 63.7 Å². The van der Waals surface area contributed by atoms with Crippen LogP contribution >= 0.6 is 27.7 Å². The number of halogens is 1. The number of amides is 1. The first-order valence-electron chi connectivity index (χ1n) is 12.5. The maximum absolute atomic E-state index is 13.3. The molecule has 36 heavy (non-hydrogen) atoms. The number of aromatic nitrogens is 2. The quantitative estimate of drug-likeness (QED) is 0.273. The lowest BCUT2D eigenvalue weighted by Gasteiger charge is -2.25. The van der Waals surface area contributed by atoms with Crippen molar-refractivity contribution in [2.24, 2.45) is 0 Å². The molecule has 1 atom stereocenters. The second-order valence-corrected chi connectivity index (χ2v) is 12.5. The number of nitrogens with zero attached hydrogens (tertiary/aromatic N) is 2. The molecule has 1 heterocycles. The molecule has 1 aromatic carbocycles. The Kier molecular flexibility index (Phi) is 9.64. The Bertz CT molecular complexity index is 1180. The van der Waals surface area contributed by atoms with Gasteiger partial charge in [-0.05, 0) is 64.3 Å². The Morgan fingerprint density at radius 1 is 1.25 bits per heavy atom. The summed E-state index contributed by atoms with van der Waals surface area (Å²) in [7, 11) is 0. The van der Waals surface area contributed by atoms with Crippen LogP contribution in [-0.4, -0.2) is 36.5 Å². The molecule has 6 nitrogen and oxygen atoms in total. The second kappa shape index (κ2) is 12.3. The van der Waals surface area contributed by atoms with E-state index in [1.807, 2.05) is 38.1 Å². The summed E-state index contributed by atoms with van der Waals surface area (Å²) in [6, 6.07) is 5.76. The number of thioether (sulfide) groups is 1. The highest BCUT2D eigenvalue weighted by Crippen LogP contribution is 2.35. The third-order valence-electron chi connectivity index (χ3n) is 6.39. The van der Waals surface area contributed by atoms with Crippen molar-refractivity contribution in [2.75, 3.05) is 5.32 Å². The van der Waals surface area contributed by atoms with E-state index in [1.54, 1.807) is 13.8 Å². The third kappa shape index (κ3) is 6.91. The maximum Gasteiger partial charge on any atom is 0.319 e. The van der Waals surface area contributed by atoms with Crippen LogP contribution in [0.2, 0.25) is 0 Å². The van der Waals surface area contributed by atoms with Gasteiger partial charge in [0, 0.05) is 33.2 Å². The number of aliphatic carboxylic acids is 1. The predicted molar refractivity (Wildman–Crippen MR) is 153 cm³/mol. The predicted octanol–water partition coefficient (Wildman–Crippen LogP) is 7.40. The number of anilines is 1. The molecule has 1 aromatic heterocycles. The second-order valence-electron chi connectivity index (χ2n) is 9.72. The minimum Gasteiger partial charge on any atom is -0.480 e. The summed E-state index contributed by atoms with van der Waals surface area (Å²) in [6.45, 7) is 10.4. The van der Waals surface area contributed by atoms with Crippen LogP contribution in [0.5, 0.6) is 0 Å². The van der Waals surface area contributed by atoms with Gasteiger partial charge in [-0.1, -0.05) is 60.3 Å². The monoisotopic (exact) mass is 573 g/mol. The highest BCUT2D eigenvalue weighted by Gasteiger charge is 2.31. The number of carboxylic acids is 1. The Balaban J connectivity index is 1.86. The van der Waals surface area contributed by atoms with Gasteiger partial charge in [0.25, 0.3) is 5.91 Å². The topological polar surface area (TPSA) is 84.2 Å². The van der Waals surface area contributed by atoms with Crippen LogP contribution in [0, 0.1) is 13.8 Å². The highest BCUT2D eigenvalue weighted by atomic mass is 79.9. The smallest absolute Gasteiger partial charge is 0.319 e. The SMILES string of the molecule is CCCCCCn1c(C2=CC[C@@H](SC(C)(C)C(=O)O)C=C2)nc(C(=O)Nc2ccc(Br)cc2C)c1C. The van der Waals surface area contributed by atoms with Gasteiger partial charge in [-0.15, -0.1) is 11.8 Å². The van der Waals surface area contributed by atoms with Crippen LogP contribution in [0.3, 0.4) is 0 Å². The van der Waals surface area contributed by atoms with Crippen molar-refractivity contribution in [1.82, 2.24) is 9.55 Å². The van der Waals surface area contributed by atoms with E-state index in [4.69, 9.17) is 4.98 Å². The third-order valence-corrected chi connectivity index (χ3v) is 8.30. The largest absolute Gasteiger partial charge is 0.480 e. The number of carbonyl (C=O) groups excluding carboxylic acids is 1. The van der Waals surface area contributed by atoms with Gasteiger partial charge in [0.1, 0.15) is 16.3 Å². The van der Waals surface area contributed by atoms with Gasteiger partial charge in [0.15, 0.2) is 0 Å². The van der Waals surface area contributed by atoms with E-state index in [-0.39, 0.29) is 11.2 Å². The molecule has 1 aliphatic carbocycles. The average molecular weight is 575 g/mol. The van der Waals surface area contributed by atoms with Crippen molar-refractivity contribution >= 4 is 50.8 Å². The molecule has 2 N–H and O–H groups in total. The molecule has 0 fully saturated rings. The van der Waals surface area contributed by atoms with Crippen LogP contribution in [0.15, 0.2) is 40.9 Å². The van der Waals surface area contributed by atoms with E-state index < -0.39 is 10.7 Å². The number of allylic oxidation sites excluding steroid dienone is 3. The number of hydrogen-bond acceptors (Lipinski definition) is 4. The zero-order valence-corrected chi connectivity index (χ0v) is 24.1. The van der Waals surface area contributed by atoms with Crippen molar-refractivity contribution < 1.29 is 14.7 Å².